The molecule has 10 heteroatoms. The van der Waals surface area contributed by atoms with Crippen LogP contribution in [0.15, 0.2) is 54.7 Å². The summed E-state index contributed by atoms with van der Waals surface area (Å²) in [4.78, 5) is 25.5. The molecule has 0 spiro atoms. The molecule has 1 fully saturated rings. The Morgan fingerprint density at radius 1 is 0.976 bits per heavy atom. The normalized spacial score (nSPS) is 16.1. The minimum atomic E-state index is -4.98. The number of nitrogens with zero attached hydrogens (tertiary/aromatic N) is 2. The molecule has 1 amide bonds. The molecule has 1 aliphatic rings. The number of para-hydroxylation sites is 1. The lowest BCUT2D eigenvalue weighted by Crippen LogP contribution is -2.66. The predicted octanol–water partition coefficient (Wildman–Crippen LogP) is 6.09. The standard InChI is InChI=1S/C32H31F3N2O5/c1-29(2,3)37(28(39)40)31(20-41-30(4,5)42-21-31)17-16-23-14-12-22(13-15-23)9-8-18-36-19-25(27(38)32(33,34)35)24-10-6-7-11-26(24)36/h6-7,10-15,19H,18,20-21H2,1-5H3,(H,39,40). The Hall–Kier alpha value is -4.25. The van der Waals surface area contributed by atoms with E-state index in [1.807, 2.05) is 0 Å². The van der Waals surface area contributed by atoms with Crippen LogP contribution in [0, 0.1) is 23.7 Å². The van der Waals surface area contributed by atoms with Crippen LogP contribution in [0.2, 0.25) is 0 Å². The summed E-state index contributed by atoms with van der Waals surface area (Å²) in [5.74, 6) is 9.31. The molecule has 1 saturated heterocycles. The zero-order valence-corrected chi connectivity index (χ0v) is 23.9. The fourth-order valence-corrected chi connectivity index (χ4v) is 4.80. The molecule has 2 aromatic carbocycles. The summed E-state index contributed by atoms with van der Waals surface area (Å²) in [5, 5.41) is 10.3. The third kappa shape index (κ3) is 6.62. The lowest BCUT2D eigenvalue weighted by Gasteiger charge is -2.50. The number of hydrogen-bond donors (Lipinski definition) is 1. The molecule has 4 rings (SSSR count). The summed E-state index contributed by atoms with van der Waals surface area (Å²) in [6.07, 6.45) is -4.93. The van der Waals surface area contributed by atoms with Gasteiger partial charge in [0.2, 0.25) is 0 Å². The van der Waals surface area contributed by atoms with Gasteiger partial charge in [0, 0.05) is 33.8 Å². The van der Waals surface area contributed by atoms with Gasteiger partial charge in [0.25, 0.3) is 5.78 Å². The van der Waals surface area contributed by atoms with E-state index >= 15 is 0 Å². The zero-order valence-electron chi connectivity index (χ0n) is 23.9. The first-order valence-corrected chi connectivity index (χ1v) is 13.2. The number of carbonyl (C=O) groups excluding carboxylic acids is 1. The highest BCUT2D eigenvalue weighted by molar-refractivity contribution is 6.10. The van der Waals surface area contributed by atoms with Crippen LogP contribution < -0.4 is 0 Å². The minimum absolute atomic E-state index is 0.0322. The Balaban J connectivity index is 1.56. The van der Waals surface area contributed by atoms with Crippen LogP contribution in [0.25, 0.3) is 10.9 Å². The van der Waals surface area contributed by atoms with Gasteiger partial charge in [-0.25, -0.2) is 4.79 Å². The van der Waals surface area contributed by atoms with E-state index in [9.17, 15) is 27.9 Å². The van der Waals surface area contributed by atoms with Gasteiger partial charge >= 0.3 is 12.3 Å². The van der Waals surface area contributed by atoms with Gasteiger partial charge in [0.1, 0.15) is 0 Å². The zero-order chi connectivity index (χ0) is 30.9. The van der Waals surface area contributed by atoms with E-state index in [4.69, 9.17) is 9.47 Å². The number of carbonyl (C=O) groups is 2. The summed E-state index contributed by atoms with van der Waals surface area (Å²) in [6.45, 7) is 8.99. The number of Topliss-reactive ketones (excluding diaryl/α,β-unsaturated/α-hetero) is 1. The van der Waals surface area contributed by atoms with Crippen LogP contribution in [-0.2, 0) is 16.0 Å². The smallest absolute Gasteiger partial charge is 0.454 e. The summed E-state index contributed by atoms with van der Waals surface area (Å²) < 4.78 is 52.4. The second kappa shape index (κ2) is 11.2. The first kappa shape index (κ1) is 30.7. The summed E-state index contributed by atoms with van der Waals surface area (Å²) in [7, 11) is 0. The van der Waals surface area contributed by atoms with Gasteiger partial charge in [-0.05, 0) is 65.0 Å². The maximum Gasteiger partial charge on any atom is 0.454 e. The molecule has 1 aliphatic heterocycles. The van der Waals surface area contributed by atoms with Crippen molar-refractivity contribution in [2.75, 3.05) is 13.2 Å². The Bertz CT molecular complexity index is 1610. The summed E-state index contributed by atoms with van der Waals surface area (Å²) in [5.41, 5.74) is -0.680. The summed E-state index contributed by atoms with van der Waals surface area (Å²) >= 11 is 0. The second-order valence-electron chi connectivity index (χ2n) is 11.4. The van der Waals surface area contributed by atoms with Crippen LogP contribution in [0.3, 0.4) is 0 Å². The largest absolute Gasteiger partial charge is 0.465 e. The van der Waals surface area contributed by atoms with Crippen molar-refractivity contribution in [3.05, 3.63) is 71.4 Å². The van der Waals surface area contributed by atoms with E-state index in [-0.39, 0.29) is 25.1 Å². The van der Waals surface area contributed by atoms with E-state index in [1.54, 1.807) is 77.1 Å². The Kier molecular flexibility index (Phi) is 8.19. The van der Waals surface area contributed by atoms with Gasteiger partial charge in [0.15, 0.2) is 11.3 Å². The first-order valence-electron chi connectivity index (χ1n) is 13.2. The van der Waals surface area contributed by atoms with Crippen LogP contribution in [0.1, 0.15) is 56.1 Å². The van der Waals surface area contributed by atoms with Crippen LogP contribution in [0.5, 0.6) is 0 Å². The summed E-state index contributed by atoms with van der Waals surface area (Å²) in [6, 6.07) is 13.3. The number of alkyl halides is 3. The van der Waals surface area contributed by atoms with Gasteiger partial charge in [0.05, 0.1) is 25.3 Å². The van der Waals surface area contributed by atoms with Gasteiger partial charge in [-0.15, -0.1) is 0 Å². The third-order valence-corrected chi connectivity index (χ3v) is 6.70. The SMILES string of the molecule is CC1(C)OCC(C#Cc2ccc(C#CCn3cc(C(=O)C(F)(F)F)c4ccccc43)cc2)(N(C(=O)O)C(C)(C)C)CO1. The Morgan fingerprint density at radius 3 is 2.10 bits per heavy atom. The van der Waals surface area contributed by atoms with Gasteiger partial charge in [-0.3, -0.25) is 9.69 Å². The van der Waals surface area contributed by atoms with Crippen LogP contribution >= 0.6 is 0 Å². The van der Waals surface area contributed by atoms with Gasteiger partial charge in [-0.1, -0.05) is 41.9 Å². The Labute approximate surface area is 242 Å². The highest BCUT2D eigenvalue weighted by atomic mass is 19.4. The van der Waals surface area contributed by atoms with E-state index in [0.29, 0.717) is 16.6 Å². The molecule has 220 valence electrons. The molecular weight excluding hydrogens is 549 g/mol. The van der Waals surface area contributed by atoms with Crippen LogP contribution in [0.4, 0.5) is 18.0 Å². The maximum absolute atomic E-state index is 13.1. The highest BCUT2D eigenvalue weighted by Crippen LogP contribution is 2.33. The average Bonchev–Trinajstić information content (AvgIpc) is 3.26. The van der Waals surface area contributed by atoms with Crippen molar-refractivity contribution in [2.45, 2.75) is 64.2 Å². The molecule has 7 nitrogen and oxygen atoms in total. The lowest BCUT2D eigenvalue weighted by atomic mass is 9.91. The van der Waals surface area contributed by atoms with Gasteiger partial charge in [-0.2, -0.15) is 13.2 Å². The number of rotatable bonds is 3. The first-order chi connectivity index (χ1) is 19.5. The number of aromatic nitrogens is 1. The molecule has 1 aromatic heterocycles. The number of ketones is 1. The molecule has 3 aromatic rings. The van der Waals surface area contributed by atoms with Crippen molar-refractivity contribution in [3.8, 4) is 23.7 Å². The fourth-order valence-electron chi connectivity index (χ4n) is 4.80. The lowest BCUT2D eigenvalue weighted by molar-refractivity contribution is -0.278. The number of hydrogen-bond acceptors (Lipinski definition) is 4. The number of benzene rings is 2. The second-order valence-corrected chi connectivity index (χ2v) is 11.4. The molecule has 0 aliphatic carbocycles. The topological polar surface area (TPSA) is 81.0 Å². The molecule has 0 atom stereocenters. The van der Waals surface area contributed by atoms with Crippen molar-refractivity contribution in [2.24, 2.45) is 0 Å². The van der Waals surface area contributed by atoms with E-state index in [1.165, 1.54) is 21.7 Å². The maximum atomic E-state index is 13.1. The fraction of sp³-hybridized carbons (Fsp3) is 0.375. The van der Waals surface area contributed by atoms with Crippen molar-refractivity contribution >= 4 is 22.8 Å². The molecule has 0 bridgehead atoms. The highest BCUT2D eigenvalue weighted by Gasteiger charge is 2.50. The van der Waals surface area contributed by atoms with E-state index in [2.05, 4.69) is 23.7 Å². The molecule has 0 radical (unpaired) electrons. The quantitative estimate of drug-likeness (QED) is 0.300. The number of amides is 1. The van der Waals surface area contributed by atoms with Crippen LogP contribution in [-0.4, -0.2) is 62.7 Å². The molecular formula is C32H31F3N2O5. The number of ether oxygens (including phenoxy) is 2. The van der Waals surface area contributed by atoms with Crippen molar-refractivity contribution in [1.82, 2.24) is 9.47 Å². The number of fused-ring (bicyclic) bond motifs is 1. The van der Waals surface area contributed by atoms with E-state index < -0.39 is 40.5 Å². The third-order valence-electron chi connectivity index (χ3n) is 6.70. The Morgan fingerprint density at radius 2 is 1.55 bits per heavy atom. The molecule has 1 N–H and O–H groups in total. The molecule has 0 saturated carbocycles. The van der Waals surface area contributed by atoms with Crippen molar-refractivity contribution < 1.29 is 37.3 Å². The van der Waals surface area contributed by atoms with Gasteiger partial charge < -0.3 is 19.1 Å². The predicted molar refractivity (Wildman–Crippen MR) is 151 cm³/mol. The molecule has 0 unspecified atom stereocenters. The molecule has 2 heterocycles. The van der Waals surface area contributed by atoms with Crippen molar-refractivity contribution in [1.29, 1.82) is 0 Å². The van der Waals surface area contributed by atoms with E-state index in [0.717, 1.165) is 0 Å². The minimum Gasteiger partial charge on any atom is -0.465 e. The number of carboxylic acid groups (broad SMARTS) is 1. The van der Waals surface area contributed by atoms with Crippen molar-refractivity contribution in [3.63, 3.8) is 0 Å². The monoisotopic (exact) mass is 580 g/mol. The molecule has 42 heavy (non-hydrogen) atoms. The number of halogens is 3. The average molecular weight is 581 g/mol.